The number of benzene rings is 2. The van der Waals surface area contributed by atoms with Crippen LogP contribution >= 0.6 is 0 Å². The van der Waals surface area contributed by atoms with Crippen LogP contribution in [0.25, 0.3) is 17.1 Å². The van der Waals surface area contributed by atoms with Crippen LogP contribution in [0.15, 0.2) is 54.7 Å². The maximum atomic E-state index is 11.6. The summed E-state index contributed by atoms with van der Waals surface area (Å²) in [4.78, 5) is 18.9. The van der Waals surface area contributed by atoms with E-state index in [-0.39, 0.29) is 11.4 Å². The van der Waals surface area contributed by atoms with Gasteiger partial charge >= 0.3 is 5.97 Å². The Morgan fingerprint density at radius 2 is 1.98 bits per heavy atom. The summed E-state index contributed by atoms with van der Waals surface area (Å²) in [5.74, 6) is 0.217. The molecule has 2 aliphatic rings. The molecular formula is C34H38N4O5. The topological polar surface area (TPSA) is 98.9 Å². The van der Waals surface area contributed by atoms with Gasteiger partial charge in [0.1, 0.15) is 17.9 Å². The Morgan fingerprint density at radius 3 is 2.77 bits per heavy atom. The third kappa shape index (κ3) is 6.00. The van der Waals surface area contributed by atoms with Crippen molar-refractivity contribution >= 4 is 5.97 Å². The largest absolute Gasteiger partial charge is 0.488 e. The number of aromatic carboxylic acids is 1. The molecule has 0 radical (unpaired) electrons. The molecule has 43 heavy (non-hydrogen) atoms. The van der Waals surface area contributed by atoms with Gasteiger partial charge in [-0.15, -0.1) is 0 Å². The van der Waals surface area contributed by atoms with Crippen molar-refractivity contribution in [2.24, 2.45) is 0 Å². The quantitative estimate of drug-likeness (QED) is 0.266. The van der Waals surface area contributed by atoms with E-state index in [1.807, 2.05) is 37.3 Å². The van der Waals surface area contributed by atoms with Crippen molar-refractivity contribution < 1.29 is 24.1 Å². The summed E-state index contributed by atoms with van der Waals surface area (Å²) in [7, 11) is 1.42. The van der Waals surface area contributed by atoms with Crippen LogP contribution in [0.3, 0.4) is 0 Å². The average molecular weight is 583 g/mol. The average Bonchev–Trinajstić information content (AvgIpc) is 3.47. The number of ether oxygens (including phenoxy) is 3. The molecule has 0 spiro atoms. The third-order valence-electron chi connectivity index (χ3n) is 8.58. The van der Waals surface area contributed by atoms with Crippen LogP contribution in [-0.4, -0.2) is 63.7 Å². The number of aryl methyl sites for hydroxylation is 1. The molecule has 4 heterocycles. The standard InChI is InChI=1S/C34H38N4O5/c1-22-8-6-10-28(30-11-7-12-31(36-30)38-33(41-3)29(18-35-38)34(39)40)32(22)43-21-25-14-13-24-19-37(16-15-27(24)23(25)2)20-26-9-4-5-17-42-26/h6-8,10-14,18,26H,4-5,9,15-17,19-21H2,1-3H3,(H,39,40). The highest BCUT2D eigenvalue weighted by atomic mass is 16.5. The summed E-state index contributed by atoms with van der Waals surface area (Å²) >= 11 is 0. The number of hydrogen-bond acceptors (Lipinski definition) is 7. The molecule has 6 rings (SSSR count). The first-order valence-corrected chi connectivity index (χ1v) is 14.9. The van der Waals surface area contributed by atoms with Crippen molar-refractivity contribution in [1.82, 2.24) is 19.7 Å². The predicted octanol–water partition coefficient (Wildman–Crippen LogP) is 5.76. The highest BCUT2D eigenvalue weighted by Crippen LogP contribution is 2.34. The molecule has 224 valence electrons. The molecule has 1 fully saturated rings. The van der Waals surface area contributed by atoms with Crippen molar-refractivity contribution in [3.63, 3.8) is 0 Å². The lowest BCUT2D eigenvalue weighted by molar-refractivity contribution is -0.00803. The molecule has 0 aliphatic carbocycles. The fourth-order valence-corrected chi connectivity index (χ4v) is 6.23. The SMILES string of the molecule is COc1c(C(=O)O)cnn1-c1cccc(-c2cccc(C)c2OCc2ccc3c(c2C)CCN(CC2CCCCO2)C3)n1. The van der Waals surface area contributed by atoms with Gasteiger partial charge in [0.2, 0.25) is 5.88 Å². The van der Waals surface area contributed by atoms with Gasteiger partial charge in [-0.3, -0.25) is 4.90 Å². The lowest BCUT2D eigenvalue weighted by Gasteiger charge is -2.34. The molecule has 1 atom stereocenters. The van der Waals surface area contributed by atoms with Gasteiger partial charge in [0.15, 0.2) is 5.82 Å². The third-order valence-corrected chi connectivity index (χ3v) is 8.58. The second-order valence-corrected chi connectivity index (χ2v) is 11.4. The smallest absolute Gasteiger partial charge is 0.342 e. The van der Waals surface area contributed by atoms with Crippen molar-refractivity contribution in [2.75, 3.05) is 26.8 Å². The molecule has 9 nitrogen and oxygen atoms in total. The van der Waals surface area contributed by atoms with E-state index in [0.29, 0.717) is 24.2 Å². The van der Waals surface area contributed by atoms with E-state index >= 15 is 0 Å². The van der Waals surface area contributed by atoms with Gasteiger partial charge in [-0.25, -0.2) is 9.78 Å². The zero-order chi connectivity index (χ0) is 29.9. The molecule has 1 N–H and O–H groups in total. The van der Waals surface area contributed by atoms with Crippen molar-refractivity contribution in [3.05, 3.63) is 88.1 Å². The van der Waals surface area contributed by atoms with E-state index in [0.717, 1.165) is 49.5 Å². The van der Waals surface area contributed by atoms with E-state index in [4.69, 9.17) is 19.2 Å². The zero-order valence-electron chi connectivity index (χ0n) is 25.0. The number of hydrogen-bond donors (Lipinski definition) is 1. The van der Waals surface area contributed by atoms with Crippen LogP contribution < -0.4 is 9.47 Å². The summed E-state index contributed by atoms with van der Waals surface area (Å²) in [6.07, 6.45) is 6.30. The number of pyridine rings is 1. The number of carbonyl (C=O) groups is 1. The van der Waals surface area contributed by atoms with Crippen LogP contribution in [0.5, 0.6) is 11.6 Å². The maximum Gasteiger partial charge on any atom is 0.342 e. The van der Waals surface area contributed by atoms with Crippen LogP contribution in [-0.2, 0) is 24.3 Å². The molecule has 0 bridgehead atoms. The van der Waals surface area contributed by atoms with Gasteiger partial charge in [0, 0.05) is 31.8 Å². The summed E-state index contributed by atoms with van der Waals surface area (Å²) in [6, 6.07) is 16.0. The number of carboxylic acids is 1. The molecule has 2 aliphatic heterocycles. The van der Waals surface area contributed by atoms with Gasteiger partial charge in [0.05, 0.1) is 25.1 Å². The molecule has 9 heteroatoms. The van der Waals surface area contributed by atoms with Gasteiger partial charge in [-0.1, -0.05) is 30.3 Å². The lowest BCUT2D eigenvalue weighted by atomic mass is 9.91. The molecule has 2 aromatic carbocycles. The van der Waals surface area contributed by atoms with E-state index in [9.17, 15) is 9.90 Å². The number of aromatic nitrogens is 3. The summed E-state index contributed by atoms with van der Waals surface area (Å²) in [5.41, 5.74) is 7.85. The monoisotopic (exact) mass is 582 g/mol. The summed E-state index contributed by atoms with van der Waals surface area (Å²) in [5, 5.41) is 13.7. The van der Waals surface area contributed by atoms with Crippen molar-refractivity contribution in [3.8, 4) is 28.7 Å². The molecule has 2 aromatic heterocycles. The number of nitrogens with zero attached hydrogens (tertiary/aromatic N) is 4. The number of methoxy groups -OCH3 is 1. The minimum absolute atomic E-state index is 0.0272. The van der Waals surface area contributed by atoms with Crippen molar-refractivity contribution in [2.45, 2.75) is 58.8 Å². The number of para-hydroxylation sites is 1. The minimum atomic E-state index is -1.11. The summed E-state index contributed by atoms with van der Waals surface area (Å²) < 4.78 is 19.3. The zero-order valence-corrected chi connectivity index (χ0v) is 25.0. The second kappa shape index (κ2) is 12.6. The Bertz CT molecular complexity index is 1630. The second-order valence-electron chi connectivity index (χ2n) is 11.4. The normalized spacial score (nSPS) is 17.0. The Morgan fingerprint density at radius 1 is 1.12 bits per heavy atom. The fourth-order valence-electron chi connectivity index (χ4n) is 6.23. The van der Waals surface area contributed by atoms with Crippen LogP contribution in [0, 0.1) is 13.8 Å². The minimum Gasteiger partial charge on any atom is -0.488 e. The first kappa shape index (κ1) is 28.9. The highest BCUT2D eigenvalue weighted by Gasteiger charge is 2.24. The molecular weight excluding hydrogens is 544 g/mol. The molecule has 1 saturated heterocycles. The summed E-state index contributed by atoms with van der Waals surface area (Å²) in [6.45, 7) is 8.63. The molecule has 0 amide bonds. The van der Waals surface area contributed by atoms with Crippen molar-refractivity contribution in [1.29, 1.82) is 0 Å². The highest BCUT2D eigenvalue weighted by molar-refractivity contribution is 5.90. The maximum absolute atomic E-state index is 11.6. The van der Waals surface area contributed by atoms with Gasteiger partial charge in [-0.2, -0.15) is 9.78 Å². The Kier molecular flexibility index (Phi) is 8.44. The molecule has 4 aromatic rings. The van der Waals surface area contributed by atoms with E-state index in [1.165, 1.54) is 59.5 Å². The first-order chi connectivity index (χ1) is 20.9. The first-order valence-electron chi connectivity index (χ1n) is 14.9. The number of carboxylic acid groups (broad SMARTS) is 1. The van der Waals surface area contributed by atoms with Gasteiger partial charge in [0.25, 0.3) is 0 Å². The van der Waals surface area contributed by atoms with Gasteiger partial charge < -0.3 is 19.3 Å². The van der Waals surface area contributed by atoms with Crippen LogP contribution in [0.2, 0.25) is 0 Å². The Labute approximate surface area is 252 Å². The van der Waals surface area contributed by atoms with E-state index in [2.05, 4.69) is 29.1 Å². The van der Waals surface area contributed by atoms with Crippen LogP contribution in [0.4, 0.5) is 0 Å². The van der Waals surface area contributed by atoms with E-state index in [1.54, 1.807) is 6.07 Å². The Balaban J connectivity index is 1.21. The molecule has 1 unspecified atom stereocenters. The number of fused-ring (bicyclic) bond motifs is 1. The Hall–Kier alpha value is -4.21. The van der Waals surface area contributed by atoms with E-state index < -0.39 is 5.97 Å². The lowest BCUT2D eigenvalue weighted by Crippen LogP contribution is -2.39. The predicted molar refractivity (Wildman–Crippen MR) is 163 cm³/mol. The number of rotatable bonds is 9. The van der Waals surface area contributed by atoms with Crippen LogP contribution in [0.1, 0.15) is 57.4 Å². The molecule has 0 saturated carbocycles. The van der Waals surface area contributed by atoms with Gasteiger partial charge in [-0.05, 0) is 85.5 Å². The fraction of sp³-hybridized carbons (Fsp3) is 0.382.